The number of rotatable bonds is 8. The Balaban J connectivity index is 2.06. The Labute approximate surface area is 130 Å². The van der Waals surface area contributed by atoms with Gasteiger partial charge in [0.25, 0.3) is 0 Å². The molecule has 0 saturated heterocycles. The topological polar surface area (TPSA) is 15.3 Å². The molecule has 2 rings (SSSR count). The third-order valence-electron chi connectivity index (χ3n) is 4.61. The Morgan fingerprint density at radius 1 is 1.19 bits per heavy atom. The normalized spacial score (nSPS) is 17.4. The molecule has 118 valence electrons. The van der Waals surface area contributed by atoms with Gasteiger partial charge in [-0.1, -0.05) is 45.4 Å². The van der Waals surface area contributed by atoms with E-state index in [1.54, 1.807) is 0 Å². The number of para-hydroxylation sites is 1. The van der Waals surface area contributed by atoms with Crippen LogP contribution in [0.1, 0.15) is 52.0 Å². The van der Waals surface area contributed by atoms with Gasteiger partial charge < -0.3 is 10.2 Å². The second kappa shape index (κ2) is 7.84. The fourth-order valence-corrected chi connectivity index (χ4v) is 3.63. The summed E-state index contributed by atoms with van der Waals surface area (Å²) in [5.41, 5.74) is 3.37. The van der Waals surface area contributed by atoms with Gasteiger partial charge >= 0.3 is 0 Å². The number of benzene rings is 1. The highest BCUT2D eigenvalue weighted by molar-refractivity contribution is 5.55. The molecule has 1 aliphatic rings. The van der Waals surface area contributed by atoms with E-state index in [1.165, 1.54) is 56.4 Å². The smallest absolute Gasteiger partial charge is 0.0398 e. The van der Waals surface area contributed by atoms with Gasteiger partial charge in [-0.3, -0.25) is 0 Å². The van der Waals surface area contributed by atoms with Crippen LogP contribution in [0.4, 0.5) is 5.69 Å². The molecular formula is C19H32N2. The highest BCUT2D eigenvalue weighted by Gasteiger charge is 2.28. The maximum Gasteiger partial charge on any atom is 0.0398 e. The molecule has 1 aliphatic heterocycles. The van der Waals surface area contributed by atoms with Crippen molar-refractivity contribution in [1.29, 1.82) is 0 Å². The van der Waals surface area contributed by atoms with E-state index in [-0.39, 0.29) is 0 Å². The highest BCUT2D eigenvalue weighted by atomic mass is 15.1. The third kappa shape index (κ3) is 4.47. The van der Waals surface area contributed by atoms with Crippen LogP contribution in [0.25, 0.3) is 0 Å². The monoisotopic (exact) mass is 288 g/mol. The number of anilines is 1. The van der Waals surface area contributed by atoms with Crippen molar-refractivity contribution in [2.45, 2.75) is 52.9 Å². The number of nitrogens with zero attached hydrogens (tertiary/aromatic N) is 1. The van der Waals surface area contributed by atoms with Crippen LogP contribution in [-0.4, -0.2) is 26.2 Å². The quantitative estimate of drug-likeness (QED) is 0.720. The molecule has 2 heteroatoms. The van der Waals surface area contributed by atoms with E-state index < -0.39 is 0 Å². The fraction of sp³-hybridized carbons (Fsp3) is 0.684. The standard InChI is InChI=1S/C19H32N2/c1-4-12-19(3,15-20-13-5-2)16-21-14-8-10-17-9-6-7-11-18(17)21/h6-7,9,11,20H,4-5,8,10,12-16H2,1-3H3. The van der Waals surface area contributed by atoms with E-state index in [0.29, 0.717) is 5.41 Å². The minimum absolute atomic E-state index is 0.369. The first kappa shape index (κ1) is 16.4. The SMILES string of the molecule is CCCNCC(C)(CCC)CN1CCCc2ccccc21. The fourth-order valence-electron chi connectivity index (χ4n) is 3.63. The molecule has 0 fully saturated rings. The van der Waals surface area contributed by atoms with Crippen molar-refractivity contribution in [2.75, 3.05) is 31.1 Å². The zero-order chi connectivity index (χ0) is 15.1. The molecule has 0 aromatic heterocycles. The lowest BCUT2D eigenvalue weighted by Crippen LogP contribution is -2.44. The largest absolute Gasteiger partial charge is 0.371 e. The molecule has 21 heavy (non-hydrogen) atoms. The van der Waals surface area contributed by atoms with E-state index in [1.807, 2.05) is 0 Å². The predicted molar refractivity (Wildman–Crippen MR) is 93.2 cm³/mol. The zero-order valence-electron chi connectivity index (χ0n) is 14.1. The summed E-state index contributed by atoms with van der Waals surface area (Å²) in [7, 11) is 0. The molecule has 0 bridgehead atoms. The molecular weight excluding hydrogens is 256 g/mol. The summed E-state index contributed by atoms with van der Waals surface area (Å²) in [6.45, 7) is 11.7. The highest BCUT2D eigenvalue weighted by Crippen LogP contribution is 2.32. The Morgan fingerprint density at radius 3 is 2.76 bits per heavy atom. The van der Waals surface area contributed by atoms with Gasteiger partial charge in [-0.15, -0.1) is 0 Å². The molecule has 0 amide bonds. The van der Waals surface area contributed by atoms with Gasteiger partial charge in [-0.2, -0.15) is 0 Å². The van der Waals surface area contributed by atoms with Crippen LogP contribution in [-0.2, 0) is 6.42 Å². The number of hydrogen-bond acceptors (Lipinski definition) is 2. The summed E-state index contributed by atoms with van der Waals surface area (Å²) in [4.78, 5) is 2.63. The van der Waals surface area contributed by atoms with Crippen molar-refractivity contribution < 1.29 is 0 Å². The average molecular weight is 288 g/mol. The van der Waals surface area contributed by atoms with Gasteiger partial charge in [0.05, 0.1) is 0 Å². The lowest BCUT2D eigenvalue weighted by Gasteiger charge is -2.40. The Morgan fingerprint density at radius 2 is 2.00 bits per heavy atom. The summed E-state index contributed by atoms with van der Waals surface area (Å²) in [6.07, 6.45) is 6.31. The Bertz CT molecular complexity index is 429. The predicted octanol–water partition coefficient (Wildman–Crippen LogP) is 4.25. The molecule has 1 N–H and O–H groups in total. The van der Waals surface area contributed by atoms with Gasteiger partial charge in [0, 0.05) is 25.3 Å². The van der Waals surface area contributed by atoms with Crippen LogP contribution in [0.5, 0.6) is 0 Å². The summed E-state index contributed by atoms with van der Waals surface area (Å²) in [5.74, 6) is 0. The van der Waals surface area contributed by atoms with E-state index >= 15 is 0 Å². The van der Waals surface area contributed by atoms with Crippen LogP contribution >= 0.6 is 0 Å². The van der Waals surface area contributed by atoms with Crippen LogP contribution in [0.15, 0.2) is 24.3 Å². The van der Waals surface area contributed by atoms with Gasteiger partial charge in [-0.25, -0.2) is 0 Å². The minimum atomic E-state index is 0.369. The van der Waals surface area contributed by atoms with Crippen molar-refractivity contribution in [1.82, 2.24) is 5.32 Å². The van der Waals surface area contributed by atoms with Crippen LogP contribution in [0.3, 0.4) is 0 Å². The average Bonchev–Trinajstić information content (AvgIpc) is 2.48. The first-order valence-electron chi connectivity index (χ1n) is 8.72. The summed E-state index contributed by atoms with van der Waals surface area (Å²) in [6, 6.07) is 8.97. The molecule has 1 atom stereocenters. The minimum Gasteiger partial charge on any atom is -0.371 e. The van der Waals surface area contributed by atoms with Crippen molar-refractivity contribution >= 4 is 5.69 Å². The van der Waals surface area contributed by atoms with Crippen LogP contribution in [0, 0.1) is 5.41 Å². The van der Waals surface area contributed by atoms with Crippen LogP contribution < -0.4 is 10.2 Å². The van der Waals surface area contributed by atoms with Crippen LogP contribution in [0.2, 0.25) is 0 Å². The molecule has 1 aromatic carbocycles. The van der Waals surface area contributed by atoms with E-state index in [4.69, 9.17) is 0 Å². The van der Waals surface area contributed by atoms with Gasteiger partial charge in [0.15, 0.2) is 0 Å². The lowest BCUT2D eigenvalue weighted by atomic mass is 9.84. The number of hydrogen-bond donors (Lipinski definition) is 1. The van der Waals surface area contributed by atoms with E-state index in [2.05, 4.69) is 55.3 Å². The molecule has 0 radical (unpaired) electrons. The summed E-state index contributed by atoms with van der Waals surface area (Å²) < 4.78 is 0. The summed E-state index contributed by atoms with van der Waals surface area (Å²) in [5, 5.41) is 3.65. The number of aryl methyl sites for hydroxylation is 1. The second-order valence-corrected chi connectivity index (χ2v) is 6.89. The van der Waals surface area contributed by atoms with Gasteiger partial charge in [0.2, 0.25) is 0 Å². The van der Waals surface area contributed by atoms with Crippen molar-refractivity contribution in [2.24, 2.45) is 5.41 Å². The Kier molecular flexibility index (Phi) is 6.10. The molecule has 1 heterocycles. The van der Waals surface area contributed by atoms with Crippen molar-refractivity contribution in [3.8, 4) is 0 Å². The van der Waals surface area contributed by atoms with E-state index in [9.17, 15) is 0 Å². The number of nitrogens with one attached hydrogen (secondary N) is 1. The first-order valence-corrected chi connectivity index (χ1v) is 8.72. The number of fused-ring (bicyclic) bond motifs is 1. The summed E-state index contributed by atoms with van der Waals surface area (Å²) >= 11 is 0. The maximum atomic E-state index is 3.65. The van der Waals surface area contributed by atoms with Gasteiger partial charge in [-0.05, 0) is 49.3 Å². The second-order valence-electron chi connectivity index (χ2n) is 6.89. The zero-order valence-corrected chi connectivity index (χ0v) is 14.1. The molecule has 0 aliphatic carbocycles. The maximum absolute atomic E-state index is 3.65. The molecule has 0 saturated carbocycles. The van der Waals surface area contributed by atoms with E-state index in [0.717, 1.165) is 13.1 Å². The lowest BCUT2D eigenvalue weighted by molar-refractivity contribution is 0.279. The molecule has 1 aromatic rings. The molecule has 0 spiro atoms. The molecule has 1 unspecified atom stereocenters. The third-order valence-corrected chi connectivity index (χ3v) is 4.61. The van der Waals surface area contributed by atoms with Crippen molar-refractivity contribution in [3.05, 3.63) is 29.8 Å². The van der Waals surface area contributed by atoms with Crippen molar-refractivity contribution in [3.63, 3.8) is 0 Å². The van der Waals surface area contributed by atoms with Gasteiger partial charge in [0.1, 0.15) is 0 Å². The Hall–Kier alpha value is -1.02. The first-order chi connectivity index (χ1) is 10.2. The molecule has 2 nitrogen and oxygen atoms in total.